The average Bonchev–Trinajstić information content (AvgIpc) is 3.93. The highest BCUT2D eigenvalue weighted by molar-refractivity contribution is 5.89. The number of fused-ring (bicyclic) bond motifs is 1. The number of amides is 2. The average molecular weight is 545 g/mol. The molecule has 0 spiro atoms. The number of aromatic nitrogens is 2. The van der Waals surface area contributed by atoms with Crippen molar-refractivity contribution < 1.29 is 14.3 Å². The van der Waals surface area contributed by atoms with Crippen LogP contribution in [0.4, 0.5) is 16.6 Å². The van der Waals surface area contributed by atoms with Crippen molar-refractivity contribution >= 4 is 23.8 Å². The summed E-state index contributed by atoms with van der Waals surface area (Å²) in [5, 5.41) is 3.59. The Morgan fingerprint density at radius 3 is 2.58 bits per heavy atom. The molecule has 3 fully saturated rings. The van der Waals surface area contributed by atoms with Gasteiger partial charge in [-0.25, -0.2) is 9.78 Å². The summed E-state index contributed by atoms with van der Waals surface area (Å²) in [6.07, 6.45) is 10.7. The van der Waals surface area contributed by atoms with Crippen LogP contribution in [-0.2, 0) is 21.7 Å². The zero-order valence-electron chi connectivity index (χ0n) is 23.6. The Labute approximate surface area is 236 Å². The van der Waals surface area contributed by atoms with E-state index < -0.39 is 0 Å². The van der Waals surface area contributed by atoms with Gasteiger partial charge in [-0.3, -0.25) is 14.6 Å². The van der Waals surface area contributed by atoms with E-state index in [2.05, 4.69) is 46.0 Å². The number of carbonyl (C=O) groups excluding carboxylic acids is 2. The van der Waals surface area contributed by atoms with Gasteiger partial charge in [0.2, 0.25) is 11.9 Å². The lowest BCUT2D eigenvalue weighted by molar-refractivity contribution is -0.127. The monoisotopic (exact) mass is 544 g/mol. The lowest BCUT2D eigenvalue weighted by Crippen LogP contribution is -2.46. The topological polar surface area (TPSA) is 90.9 Å². The molecule has 2 saturated carbocycles. The molecule has 0 radical (unpaired) electrons. The van der Waals surface area contributed by atoms with Gasteiger partial charge in [0.05, 0.1) is 11.1 Å². The SMILES string of the molecule is C=CC(=O)N(C)C1CCN(C(CC2CC2)c2ccc(C3(Nc4ncc5c(n4)N(CC)C(=O)OC5)CC3)cc2)CC1. The van der Waals surface area contributed by atoms with Gasteiger partial charge >= 0.3 is 6.09 Å². The lowest BCUT2D eigenvalue weighted by atomic mass is 9.93. The first-order chi connectivity index (χ1) is 19.4. The van der Waals surface area contributed by atoms with E-state index in [4.69, 9.17) is 9.72 Å². The van der Waals surface area contributed by atoms with E-state index in [0.29, 0.717) is 24.4 Å². The highest BCUT2D eigenvalue weighted by Gasteiger charge is 2.45. The zero-order chi connectivity index (χ0) is 27.9. The van der Waals surface area contributed by atoms with Crippen molar-refractivity contribution in [1.82, 2.24) is 19.8 Å². The molecule has 212 valence electrons. The number of cyclic esters (lactones) is 1. The minimum Gasteiger partial charge on any atom is -0.444 e. The summed E-state index contributed by atoms with van der Waals surface area (Å²) in [5.41, 5.74) is 3.28. The van der Waals surface area contributed by atoms with Gasteiger partial charge in [-0.1, -0.05) is 43.7 Å². The Morgan fingerprint density at radius 1 is 1.23 bits per heavy atom. The van der Waals surface area contributed by atoms with Crippen molar-refractivity contribution in [3.63, 3.8) is 0 Å². The van der Waals surface area contributed by atoms with Crippen LogP contribution >= 0.6 is 0 Å². The van der Waals surface area contributed by atoms with Crippen LogP contribution in [0.5, 0.6) is 0 Å². The maximum atomic E-state index is 12.2. The van der Waals surface area contributed by atoms with Crippen molar-refractivity contribution in [3.05, 3.63) is 59.8 Å². The highest BCUT2D eigenvalue weighted by atomic mass is 16.6. The van der Waals surface area contributed by atoms with Crippen LogP contribution in [0.15, 0.2) is 43.1 Å². The predicted molar refractivity (Wildman–Crippen MR) is 154 cm³/mol. The van der Waals surface area contributed by atoms with E-state index >= 15 is 0 Å². The number of benzene rings is 1. The van der Waals surface area contributed by atoms with Crippen LogP contribution in [-0.4, -0.2) is 64.5 Å². The third kappa shape index (κ3) is 5.31. The van der Waals surface area contributed by atoms with Crippen molar-refractivity contribution in [1.29, 1.82) is 0 Å². The van der Waals surface area contributed by atoms with Gasteiger partial charge in [-0.15, -0.1) is 0 Å². The summed E-state index contributed by atoms with van der Waals surface area (Å²) < 4.78 is 5.23. The normalized spacial score (nSPS) is 21.2. The molecule has 1 aromatic heterocycles. The second-order valence-electron chi connectivity index (χ2n) is 11.8. The molecule has 1 aromatic carbocycles. The number of piperidine rings is 1. The molecule has 1 atom stereocenters. The summed E-state index contributed by atoms with van der Waals surface area (Å²) in [6, 6.07) is 9.86. The van der Waals surface area contributed by atoms with E-state index in [1.54, 1.807) is 11.1 Å². The molecule has 1 saturated heterocycles. The number of nitrogens with one attached hydrogen (secondary N) is 1. The molecular weight excluding hydrogens is 504 g/mol. The summed E-state index contributed by atoms with van der Waals surface area (Å²) in [5.74, 6) is 2.01. The number of hydrogen-bond donors (Lipinski definition) is 1. The van der Waals surface area contributed by atoms with E-state index in [1.807, 2.05) is 18.9 Å². The number of ether oxygens (including phenoxy) is 1. The van der Waals surface area contributed by atoms with E-state index in [0.717, 1.165) is 50.3 Å². The minimum absolute atomic E-state index is 0.0113. The number of likely N-dealkylation sites (N-methyl/N-ethyl adjacent to an activating group) is 1. The fourth-order valence-corrected chi connectivity index (χ4v) is 6.30. The Bertz CT molecular complexity index is 1260. The molecule has 1 unspecified atom stereocenters. The molecular formula is C31H40N6O3. The predicted octanol–water partition coefficient (Wildman–Crippen LogP) is 5.00. The molecule has 0 bridgehead atoms. The van der Waals surface area contributed by atoms with Crippen molar-refractivity contribution in [2.24, 2.45) is 5.92 Å². The van der Waals surface area contributed by atoms with Crippen LogP contribution in [0.2, 0.25) is 0 Å². The zero-order valence-corrected chi connectivity index (χ0v) is 23.6. The maximum absolute atomic E-state index is 12.2. The minimum atomic E-state index is -0.362. The van der Waals surface area contributed by atoms with Crippen molar-refractivity contribution in [3.8, 4) is 0 Å². The first-order valence-corrected chi connectivity index (χ1v) is 14.7. The maximum Gasteiger partial charge on any atom is 0.415 e. The molecule has 3 heterocycles. The van der Waals surface area contributed by atoms with Crippen LogP contribution in [0.3, 0.4) is 0 Å². The molecule has 2 amide bonds. The quantitative estimate of drug-likeness (QED) is 0.421. The number of likely N-dealkylation sites (tertiary alicyclic amines) is 1. The van der Waals surface area contributed by atoms with Crippen LogP contribution in [0, 0.1) is 5.92 Å². The summed E-state index contributed by atoms with van der Waals surface area (Å²) in [6.45, 7) is 8.27. The van der Waals surface area contributed by atoms with E-state index in [9.17, 15) is 9.59 Å². The molecule has 6 rings (SSSR count). The van der Waals surface area contributed by atoms with E-state index in [1.165, 1.54) is 36.5 Å². The van der Waals surface area contributed by atoms with Crippen molar-refractivity contribution in [2.75, 3.05) is 36.9 Å². The Morgan fingerprint density at radius 2 is 1.95 bits per heavy atom. The molecule has 4 aliphatic rings. The molecule has 2 aliphatic carbocycles. The van der Waals surface area contributed by atoms with Gasteiger partial charge in [0.15, 0.2) is 0 Å². The first-order valence-electron chi connectivity index (χ1n) is 14.7. The second-order valence-corrected chi connectivity index (χ2v) is 11.8. The van der Waals surface area contributed by atoms with Crippen molar-refractivity contribution in [2.45, 2.75) is 76.1 Å². The molecule has 2 aliphatic heterocycles. The Hall–Kier alpha value is -3.46. The Kier molecular flexibility index (Phi) is 7.25. The molecule has 9 heteroatoms. The number of nitrogens with zero attached hydrogens (tertiary/aromatic N) is 5. The third-order valence-electron chi connectivity index (χ3n) is 9.20. The number of carbonyl (C=O) groups is 2. The molecule has 2 aromatic rings. The summed E-state index contributed by atoms with van der Waals surface area (Å²) in [7, 11) is 1.90. The number of anilines is 2. The molecule has 1 N–H and O–H groups in total. The number of hydrogen-bond acceptors (Lipinski definition) is 7. The fourth-order valence-electron chi connectivity index (χ4n) is 6.30. The highest BCUT2D eigenvalue weighted by Crippen LogP contribution is 2.49. The van der Waals surface area contributed by atoms with Gasteiger partial charge in [-0.05, 0) is 62.1 Å². The smallest absolute Gasteiger partial charge is 0.415 e. The first kappa shape index (κ1) is 26.7. The summed E-state index contributed by atoms with van der Waals surface area (Å²) in [4.78, 5) is 39.6. The van der Waals surface area contributed by atoms with Crippen LogP contribution in [0.1, 0.15) is 74.6 Å². The lowest BCUT2D eigenvalue weighted by Gasteiger charge is -2.40. The van der Waals surface area contributed by atoms with Gasteiger partial charge in [0, 0.05) is 45.0 Å². The van der Waals surface area contributed by atoms with Gasteiger partial charge in [0.1, 0.15) is 12.4 Å². The van der Waals surface area contributed by atoms with Gasteiger partial charge in [-0.2, -0.15) is 4.98 Å². The van der Waals surface area contributed by atoms with Gasteiger partial charge < -0.3 is 15.0 Å². The van der Waals surface area contributed by atoms with Crippen LogP contribution < -0.4 is 10.2 Å². The fraction of sp³-hybridized carbons (Fsp3) is 0.548. The van der Waals surface area contributed by atoms with Gasteiger partial charge in [0.25, 0.3) is 0 Å². The Balaban J connectivity index is 1.15. The second kappa shape index (κ2) is 10.8. The summed E-state index contributed by atoms with van der Waals surface area (Å²) >= 11 is 0. The molecule has 9 nitrogen and oxygen atoms in total. The standard InChI is InChI=1S/C31H40N6O3/c1-4-27(38)35(3)25-12-16-36(17-13-25)26(18-21-6-7-21)22-8-10-24(11-9-22)31(14-15-31)34-29-32-19-23-20-40-30(39)37(5-2)28(23)33-29/h4,8-11,19,21,25-26H,1,5-7,12-18,20H2,2-3H3,(H,32,33,34). The molecule has 40 heavy (non-hydrogen) atoms. The largest absolute Gasteiger partial charge is 0.444 e. The number of rotatable bonds is 10. The third-order valence-corrected chi connectivity index (χ3v) is 9.20. The van der Waals surface area contributed by atoms with Crippen LogP contribution in [0.25, 0.3) is 0 Å². The van der Waals surface area contributed by atoms with E-state index in [-0.39, 0.29) is 30.2 Å².